The summed E-state index contributed by atoms with van der Waals surface area (Å²) in [6.07, 6.45) is 4.07. The standard InChI is InChI=1S/C22H24ClN7O2/c23-15-5-6-19-14(9-15)10-17(27-19)11-26-22(32)28-16-3-1-7-29(12-16)21(31)18-4-2-8-30(13-24)20(18)25/h2,4-6,8-10,13,16,24-25,27H,1,3,7,11-12H2,(H2,26,28,32)/t16-/m1/s1. The number of halogens is 1. The Kier molecular flexibility index (Phi) is 6.27. The van der Waals surface area contributed by atoms with Gasteiger partial charge in [-0.1, -0.05) is 11.6 Å². The summed E-state index contributed by atoms with van der Waals surface area (Å²) in [7, 11) is 0. The van der Waals surface area contributed by atoms with Crippen molar-refractivity contribution in [1.82, 2.24) is 25.1 Å². The van der Waals surface area contributed by atoms with Crippen molar-refractivity contribution >= 4 is 40.8 Å². The number of nitrogens with zero attached hydrogens (tertiary/aromatic N) is 2. The lowest BCUT2D eigenvalue weighted by Gasteiger charge is -2.33. The van der Waals surface area contributed by atoms with E-state index in [9.17, 15) is 9.59 Å². The van der Waals surface area contributed by atoms with Crippen molar-refractivity contribution in [2.75, 3.05) is 13.1 Å². The molecule has 1 atom stereocenters. The number of piperidine rings is 1. The van der Waals surface area contributed by atoms with E-state index >= 15 is 0 Å². The SMILES string of the molecule is N=Cn1cccc(C(=O)N2CCC[C@@H](NC(=O)NCc3cc4cc(Cl)ccc4[nH]3)C2)c1=N. The average Bonchev–Trinajstić information content (AvgIpc) is 3.19. The van der Waals surface area contributed by atoms with Crippen molar-refractivity contribution in [3.63, 3.8) is 0 Å². The molecule has 0 unspecified atom stereocenters. The summed E-state index contributed by atoms with van der Waals surface area (Å²) in [6.45, 7) is 1.27. The van der Waals surface area contributed by atoms with Gasteiger partial charge in [-0.15, -0.1) is 0 Å². The van der Waals surface area contributed by atoms with Crippen molar-refractivity contribution in [2.45, 2.75) is 25.4 Å². The Morgan fingerprint density at radius 3 is 2.94 bits per heavy atom. The number of amides is 3. The van der Waals surface area contributed by atoms with E-state index in [-0.39, 0.29) is 29.0 Å². The Bertz CT molecular complexity index is 1230. The molecule has 166 valence electrons. The maximum atomic E-state index is 12.9. The Morgan fingerprint density at radius 2 is 2.12 bits per heavy atom. The number of pyridine rings is 1. The van der Waals surface area contributed by atoms with Gasteiger partial charge in [0.1, 0.15) is 5.49 Å². The fraction of sp³-hybridized carbons (Fsp3) is 0.273. The monoisotopic (exact) mass is 453 g/mol. The van der Waals surface area contributed by atoms with Gasteiger partial charge < -0.3 is 20.5 Å². The van der Waals surface area contributed by atoms with Gasteiger partial charge in [-0.3, -0.25) is 20.2 Å². The van der Waals surface area contributed by atoms with Crippen LogP contribution in [0.3, 0.4) is 0 Å². The molecule has 1 aliphatic rings. The van der Waals surface area contributed by atoms with Gasteiger partial charge in [-0.25, -0.2) is 4.79 Å². The summed E-state index contributed by atoms with van der Waals surface area (Å²) >= 11 is 6.02. The van der Waals surface area contributed by atoms with E-state index < -0.39 is 0 Å². The summed E-state index contributed by atoms with van der Waals surface area (Å²) in [5.41, 5.74) is 2.02. The highest BCUT2D eigenvalue weighted by molar-refractivity contribution is 6.31. The second kappa shape index (κ2) is 9.27. The second-order valence-corrected chi connectivity index (χ2v) is 8.19. The molecule has 3 heterocycles. The predicted molar refractivity (Wildman–Crippen MR) is 122 cm³/mol. The number of urea groups is 1. The van der Waals surface area contributed by atoms with Crippen molar-refractivity contribution in [2.24, 2.45) is 0 Å². The Balaban J connectivity index is 1.34. The minimum absolute atomic E-state index is 0.0278. The number of nitrogens with one attached hydrogen (secondary N) is 5. The van der Waals surface area contributed by atoms with Gasteiger partial charge >= 0.3 is 6.03 Å². The first-order valence-corrected chi connectivity index (χ1v) is 10.7. The molecular weight excluding hydrogens is 430 g/mol. The maximum absolute atomic E-state index is 12.9. The fourth-order valence-electron chi connectivity index (χ4n) is 3.93. The number of aromatic nitrogens is 2. The molecule has 32 heavy (non-hydrogen) atoms. The first kappa shape index (κ1) is 21.6. The van der Waals surface area contributed by atoms with Gasteiger partial charge in [0.2, 0.25) is 0 Å². The van der Waals surface area contributed by atoms with Gasteiger partial charge in [-0.2, -0.15) is 0 Å². The largest absolute Gasteiger partial charge is 0.357 e. The average molecular weight is 454 g/mol. The van der Waals surface area contributed by atoms with Crippen LogP contribution in [0.2, 0.25) is 5.02 Å². The van der Waals surface area contributed by atoms with Crippen LogP contribution in [0.4, 0.5) is 4.79 Å². The predicted octanol–water partition coefficient (Wildman–Crippen LogP) is 2.66. The molecular formula is C22H24ClN7O2. The topological polar surface area (TPSA) is 130 Å². The second-order valence-electron chi connectivity index (χ2n) is 7.75. The molecule has 0 radical (unpaired) electrons. The van der Waals surface area contributed by atoms with Crippen LogP contribution in [-0.2, 0) is 6.54 Å². The molecule has 1 aliphatic heterocycles. The summed E-state index contributed by atoms with van der Waals surface area (Å²) in [6, 6.07) is 10.3. The number of benzene rings is 1. The molecule has 3 amide bonds. The lowest BCUT2D eigenvalue weighted by molar-refractivity contribution is 0.0695. The number of hydrogen-bond donors (Lipinski definition) is 5. The number of hydrogen-bond acceptors (Lipinski definition) is 4. The van der Waals surface area contributed by atoms with Gasteiger partial charge in [0, 0.05) is 46.9 Å². The zero-order chi connectivity index (χ0) is 22.7. The van der Waals surface area contributed by atoms with Crippen LogP contribution < -0.4 is 16.1 Å². The summed E-state index contributed by atoms with van der Waals surface area (Å²) in [5, 5.41) is 22.9. The molecule has 5 N–H and O–H groups in total. The van der Waals surface area contributed by atoms with Crippen molar-refractivity contribution in [3.05, 3.63) is 64.4 Å². The first-order valence-electron chi connectivity index (χ1n) is 10.3. The molecule has 4 rings (SSSR count). The van der Waals surface area contributed by atoms with Crippen LogP contribution in [0.1, 0.15) is 28.9 Å². The van der Waals surface area contributed by atoms with Gasteiger partial charge in [0.25, 0.3) is 5.91 Å². The third-order valence-electron chi connectivity index (χ3n) is 5.51. The van der Waals surface area contributed by atoms with Crippen LogP contribution in [0.5, 0.6) is 0 Å². The van der Waals surface area contributed by atoms with Crippen LogP contribution in [0, 0.1) is 10.8 Å². The Labute approximate surface area is 189 Å². The molecule has 1 saturated heterocycles. The highest BCUT2D eigenvalue weighted by Crippen LogP contribution is 2.20. The number of rotatable bonds is 5. The van der Waals surface area contributed by atoms with E-state index in [0.29, 0.717) is 24.7 Å². The zero-order valence-electron chi connectivity index (χ0n) is 17.3. The Morgan fingerprint density at radius 1 is 1.28 bits per heavy atom. The van der Waals surface area contributed by atoms with Crippen LogP contribution in [0.25, 0.3) is 10.9 Å². The molecule has 0 saturated carbocycles. The molecule has 0 bridgehead atoms. The van der Waals surface area contributed by atoms with Crippen molar-refractivity contribution in [3.8, 4) is 0 Å². The van der Waals surface area contributed by atoms with E-state index in [1.807, 2.05) is 24.3 Å². The van der Waals surface area contributed by atoms with Gasteiger partial charge in [-0.05, 0) is 49.2 Å². The molecule has 10 heteroatoms. The fourth-order valence-corrected chi connectivity index (χ4v) is 4.11. The van der Waals surface area contributed by atoms with E-state index in [4.69, 9.17) is 22.4 Å². The quantitative estimate of drug-likeness (QED) is 0.300. The molecule has 9 nitrogen and oxygen atoms in total. The summed E-state index contributed by atoms with van der Waals surface area (Å²) in [5.74, 6) is -0.269. The van der Waals surface area contributed by atoms with Crippen LogP contribution >= 0.6 is 11.6 Å². The maximum Gasteiger partial charge on any atom is 0.315 e. The summed E-state index contributed by atoms with van der Waals surface area (Å²) < 4.78 is 1.28. The minimum atomic E-state index is -0.302. The number of carbonyl (C=O) groups excluding carboxylic acids is 2. The van der Waals surface area contributed by atoms with Crippen molar-refractivity contribution in [1.29, 1.82) is 10.8 Å². The molecule has 0 spiro atoms. The Hall–Kier alpha value is -3.59. The van der Waals surface area contributed by atoms with Gasteiger partial charge in [0.15, 0.2) is 0 Å². The molecule has 1 aromatic carbocycles. The zero-order valence-corrected chi connectivity index (χ0v) is 18.1. The molecule has 1 fully saturated rings. The van der Waals surface area contributed by atoms with Gasteiger partial charge in [0.05, 0.1) is 18.4 Å². The van der Waals surface area contributed by atoms with Crippen molar-refractivity contribution < 1.29 is 9.59 Å². The number of likely N-dealkylation sites (tertiary alicyclic amines) is 1. The highest BCUT2D eigenvalue weighted by atomic mass is 35.5. The smallest absolute Gasteiger partial charge is 0.315 e. The lowest BCUT2D eigenvalue weighted by Crippen LogP contribution is -2.52. The third kappa shape index (κ3) is 4.67. The molecule has 3 aromatic rings. The van der Waals surface area contributed by atoms with E-state index in [1.165, 1.54) is 4.57 Å². The van der Waals surface area contributed by atoms with Crippen LogP contribution in [-0.4, -0.2) is 51.9 Å². The van der Waals surface area contributed by atoms with E-state index in [1.54, 1.807) is 23.2 Å². The normalized spacial score (nSPS) is 16.0. The minimum Gasteiger partial charge on any atom is -0.357 e. The van der Waals surface area contributed by atoms with Crippen LogP contribution in [0.15, 0.2) is 42.6 Å². The third-order valence-corrected chi connectivity index (χ3v) is 5.75. The molecule has 0 aliphatic carbocycles. The van der Waals surface area contributed by atoms with E-state index in [2.05, 4.69) is 15.6 Å². The number of H-pyrrole nitrogens is 1. The number of carbonyl (C=O) groups is 2. The lowest BCUT2D eigenvalue weighted by atomic mass is 10.0. The number of aromatic amines is 1. The first-order chi connectivity index (χ1) is 15.4. The number of fused-ring (bicyclic) bond motifs is 1. The van der Waals surface area contributed by atoms with E-state index in [0.717, 1.165) is 35.8 Å². The molecule has 2 aromatic heterocycles. The highest BCUT2D eigenvalue weighted by Gasteiger charge is 2.26. The summed E-state index contributed by atoms with van der Waals surface area (Å²) in [4.78, 5) is 30.2.